The maximum Gasteiger partial charge on any atom is 0.187 e. The zero-order valence-corrected chi connectivity index (χ0v) is 13.3. The Labute approximate surface area is 133 Å². The van der Waals surface area contributed by atoms with Crippen LogP contribution in [0.15, 0.2) is 29.6 Å². The molecule has 0 bridgehead atoms. The van der Waals surface area contributed by atoms with Crippen LogP contribution in [0, 0.1) is 0 Å². The summed E-state index contributed by atoms with van der Waals surface area (Å²) in [6.45, 7) is 2.55. The van der Waals surface area contributed by atoms with Crippen LogP contribution in [-0.4, -0.2) is 32.8 Å². The van der Waals surface area contributed by atoms with E-state index in [1.165, 1.54) is 5.56 Å². The average Bonchev–Trinajstić information content (AvgIpc) is 2.49. The largest absolute Gasteiger partial charge is 0.508 e. The molecule has 3 rings (SSSR count). The lowest BCUT2D eigenvalue weighted by molar-refractivity contribution is 0.242. The molecule has 1 aliphatic heterocycles. The van der Waals surface area contributed by atoms with Gasteiger partial charge in [0.2, 0.25) is 0 Å². The maximum atomic E-state index is 9.41. The van der Waals surface area contributed by atoms with E-state index in [0.29, 0.717) is 5.02 Å². The number of benzene rings is 1. The van der Waals surface area contributed by atoms with E-state index in [1.54, 1.807) is 23.9 Å². The zero-order chi connectivity index (χ0) is 14.8. The predicted octanol–water partition coefficient (Wildman–Crippen LogP) is 3.12. The Bertz CT molecular complexity index is 665. The van der Waals surface area contributed by atoms with Crippen LogP contribution in [0.25, 0.3) is 0 Å². The van der Waals surface area contributed by atoms with Gasteiger partial charge in [0, 0.05) is 42.8 Å². The summed E-state index contributed by atoms with van der Waals surface area (Å²) in [6, 6.07) is 5.14. The molecule has 0 radical (unpaired) electrons. The van der Waals surface area contributed by atoms with E-state index in [-0.39, 0.29) is 5.75 Å². The van der Waals surface area contributed by atoms with Crippen molar-refractivity contribution in [2.75, 3.05) is 12.8 Å². The highest BCUT2D eigenvalue weighted by Crippen LogP contribution is 2.25. The van der Waals surface area contributed by atoms with Crippen molar-refractivity contribution in [1.82, 2.24) is 14.9 Å². The number of halogens is 1. The smallest absolute Gasteiger partial charge is 0.187 e. The highest BCUT2D eigenvalue weighted by molar-refractivity contribution is 7.98. The predicted molar refractivity (Wildman–Crippen MR) is 84.7 cm³/mol. The molecule has 1 aromatic heterocycles. The summed E-state index contributed by atoms with van der Waals surface area (Å²) < 4.78 is 0. The van der Waals surface area contributed by atoms with Gasteiger partial charge in [0.15, 0.2) is 5.16 Å². The molecule has 0 unspecified atom stereocenters. The van der Waals surface area contributed by atoms with Crippen LogP contribution < -0.4 is 0 Å². The summed E-state index contributed by atoms with van der Waals surface area (Å²) >= 11 is 7.75. The van der Waals surface area contributed by atoms with Crippen LogP contribution in [0.1, 0.15) is 16.8 Å². The van der Waals surface area contributed by atoms with Gasteiger partial charge in [0.05, 0.1) is 5.69 Å². The van der Waals surface area contributed by atoms with Crippen molar-refractivity contribution in [2.24, 2.45) is 0 Å². The van der Waals surface area contributed by atoms with Gasteiger partial charge in [0.25, 0.3) is 0 Å². The van der Waals surface area contributed by atoms with Crippen molar-refractivity contribution in [1.29, 1.82) is 0 Å². The third-order valence-electron chi connectivity index (χ3n) is 3.60. The van der Waals surface area contributed by atoms with Crippen molar-refractivity contribution in [3.63, 3.8) is 0 Å². The number of rotatable bonds is 3. The number of aromatic hydroxyl groups is 1. The molecule has 0 spiro atoms. The second-order valence-corrected chi connectivity index (χ2v) is 6.25. The third-order valence-corrected chi connectivity index (χ3v) is 4.52. The summed E-state index contributed by atoms with van der Waals surface area (Å²) in [5.41, 5.74) is 3.37. The van der Waals surface area contributed by atoms with Crippen LogP contribution in [-0.2, 0) is 19.5 Å². The molecule has 0 saturated heterocycles. The number of fused-ring (bicyclic) bond motifs is 1. The number of phenols is 1. The second kappa shape index (κ2) is 6.22. The standard InChI is InChI=1S/C15H16ClN3OS/c1-21-15-17-7-11-9-19(5-4-14(11)18-15)8-10-2-3-12(20)6-13(10)16/h2-3,6-7,20H,4-5,8-9H2,1H3. The normalized spacial score (nSPS) is 15.0. The fourth-order valence-corrected chi connectivity index (χ4v) is 3.09. The van der Waals surface area contributed by atoms with Gasteiger partial charge in [-0.05, 0) is 24.0 Å². The highest BCUT2D eigenvalue weighted by Gasteiger charge is 2.19. The van der Waals surface area contributed by atoms with Gasteiger partial charge in [-0.3, -0.25) is 4.90 Å². The molecule has 0 fully saturated rings. The highest BCUT2D eigenvalue weighted by atomic mass is 35.5. The molecule has 21 heavy (non-hydrogen) atoms. The van der Waals surface area contributed by atoms with Crippen molar-refractivity contribution in [2.45, 2.75) is 24.7 Å². The Hall–Kier alpha value is -1.30. The van der Waals surface area contributed by atoms with E-state index in [4.69, 9.17) is 11.6 Å². The summed E-state index contributed by atoms with van der Waals surface area (Å²) in [6.07, 6.45) is 4.85. The summed E-state index contributed by atoms with van der Waals surface area (Å²) in [4.78, 5) is 11.2. The number of phenolic OH excluding ortho intramolecular Hbond substituents is 1. The zero-order valence-electron chi connectivity index (χ0n) is 11.7. The molecular weight excluding hydrogens is 306 g/mol. The first-order valence-corrected chi connectivity index (χ1v) is 8.34. The summed E-state index contributed by atoms with van der Waals surface area (Å²) in [5, 5.41) is 10.8. The lowest BCUT2D eigenvalue weighted by Crippen LogP contribution is -2.31. The number of nitrogens with zero attached hydrogens (tertiary/aromatic N) is 3. The number of hydrogen-bond acceptors (Lipinski definition) is 5. The van der Waals surface area contributed by atoms with E-state index in [1.807, 2.05) is 18.5 Å². The molecule has 1 aromatic carbocycles. The van der Waals surface area contributed by atoms with E-state index < -0.39 is 0 Å². The molecule has 0 amide bonds. The SMILES string of the molecule is CSc1ncc2c(n1)CCN(Cc1ccc(O)cc1Cl)C2. The topological polar surface area (TPSA) is 49.2 Å². The second-order valence-electron chi connectivity index (χ2n) is 5.07. The Morgan fingerprint density at radius 1 is 1.43 bits per heavy atom. The lowest BCUT2D eigenvalue weighted by atomic mass is 10.1. The molecule has 0 saturated carbocycles. The fourth-order valence-electron chi connectivity index (χ4n) is 2.49. The van der Waals surface area contributed by atoms with Gasteiger partial charge >= 0.3 is 0 Å². The summed E-state index contributed by atoms with van der Waals surface area (Å²) in [5.74, 6) is 0.200. The first kappa shape index (κ1) is 14.6. The van der Waals surface area contributed by atoms with E-state index in [0.717, 1.165) is 42.5 Å². The van der Waals surface area contributed by atoms with Gasteiger partial charge < -0.3 is 5.11 Å². The molecule has 2 aromatic rings. The Balaban J connectivity index is 1.74. The average molecular weight is 322 g/mol. The molecule has 2 heterocycles. The molecule has 6 heteroatoms. The first-order chi connectivity index (χ1) is 10.2. The van der Waals surface area contributed by atoms with Crippen molar-refractivity contribution in [3.05, 3.63) is 46.2 Å². The number of hydrogen-bond donors (Lipinski definition) is 1. The van der Waals surface area contributed by atoms with E-state index in [9.17, 15) is 5.11 Å². The van der Waals surface area contributed by atoms with Crippen LogP contribution in [0.4, 0.5) is 0 Å². The minimum atomic E-state index is 0.200. The van der Waals surface area contributed by atoms with E-state index in [2.05, 4.69) is 14.9 Å². The van der Waals surface area contributed by atoms with Crippen LogP contribution in [0.3, 0.4) is 0 Å². The molecule has 1 aliphatic rings. The van der Waals surface area contributed by atoms with Gasteiger partial charge in [-0.15, -0.1) is 0 Å². The van der Waals surface area contributed by atoms with Crippen LogP contribution in [0.5, 0.6) is 5.75 Å². The van der Waals surface area contributed by atoms with E-state index >= 15 is 0 Å². The molecule has 110 valence electrons. The Kier molecular flexibility index (Phi) is 4.33. The maximum absolute atomic E-state index is 9.41. The Morgan fingerprint density at radius 2 is 2.29 bits per heavy atom. The van der Waals surface area contributed by atoms with Gasteiger partial charge in [0.1, 0.15) is 5.75 Å². The van der Waals surface area contributed by atoms with Crippen LogP contribution >= 0.6 is 23.4 Å². The van der Waals surface area contributed by atoms with Crippen molar-refractivity contribution in [3.8, 4) is 5.75 Å². The number of aromatic nitrogens is 2. The Morgan fingerprint density at radius 3 is 3.05 bits per heavy atom. The monoisotopic (exact) mass is 321 g/mol. The van der Waals surface area contributed by atoms with Crippen molar-refractivity contribution < 1.29 is 5.11 Å². The summed E-state index contributed by atoms with van der Waals surface area (Å²) in [7, 11) is 0. The van der Waals surface area contributed by atoms with Gasteiger partial charge in [-0.25, -0.2) is 9.97 Å². The van der Waals surface area contributed by atoms with Gasteiger partial charge in [-0.2, -0.15) is 0 Å². The lowest BCUT2D eigenvalue weighted by Gasteiger charge is -2.28. The first-order valence-electron chi connectivity index (χ1n) is 6.74. The minimum Gasteiger partial charge on any atom is -0.508 e. The van der Waals surface area contributed by atoms with Crippen molar-refractivity contribution >= 4 is 23.4 Å². The van der Waals surface area contributed by atoms with Crippen LogP contribution in [0.2, 0.25) is 5.02 Å². The molecular formula is C15H16ClN3OS. The minimum absolute atomic E-state index is 0.200. The number of thioether (sulfide) groups is 1. The van der Waals surface area contributed by atoms with Gasteiger partial charge in [-0.1, -0.05) is 29.4 Å². The molecule has 4 nitrogen and oxygen atoms in total. The quantitative estimate of drug-likeness (QED) is 0.695. The molecule has 0 atom stereocenters. The fraction of sp³-hybridized carbons (Fsp3) is 0.333. The third kappa shape index (κ3) is 3.31. The molecule has 0 aliphatic carbocycles. The molecule has 1 N–H and O–H groups in total.